The summed E-state index contributed by atoms with van der Waals surface area (Å²) in [5.41, 5.74) is 0.981. The van der Waals surface area contributed by atoms with Crippen molar-refractivity contribution in [3.63, 3.8) is 0 Å². The van der Waals surface area contributed by atoms with E-state index in [0.717, 1.165) is 0 Å². The van der Waals surface area contributed by atoms with Crippen LogP contribution in [-0.4, -0.2) is 93.8 Å². The quantitative estimate of drug-likeness (QED) is 0.0449. The SMILES string of the molecule is CCOc1ccc(NC(=O)c2cc3ccccc3c(N=Nc3cc(C)cc(Cl)c3S(=O)(=O)O)c2O)cc1.CCOc1ccc(NC(=O)c2cc3ccccc3c(N=Nc3cc(C)cc(Cl)c3S(=O)(=O)[O-])c2[O-])cc1.[Ca+2]. The maximum Gasteiger partial charge on any atom is 2.00 e. The second-order valence-electron chi connectivity index (χ2n) is 16.0. The maximum absolute atomic E-state index is 13.4. The molecule has 0 heterocycles. The first kappa shape index (κ1) is 57.6. The topological polar surface area (TPSA) is 281 Å². The van der Waals surface area contributed by atoms with Crippen LogP contribution >= 0.6 is 23.2 Å². The Morgan fingerprint density at radius 3 is 1.48 bits per heavy atom. The van der Waals surface area contributed by atoms with Gasteiger partial charge in [0.15, 0.2) is 5.75 Å². The molecule has 18 nitrogen and oxygen atoms in total. The molecule has 0 saturated carbocycles. The average Bonchev–Trinajstić information content (AvgIpc) is 3.33. The largest absolute Gasteiger partial charge is 2.00 e. The molecular formula is C52H42CaCl2N6O12S2. The van der Waals surface area contributed by atoms with Gasteiger partial charge in [-0.2, -0.15) is 13.5 Å². The summed E-state index contributed by atoms with van der Waals surface area (Å²) in [5, 5.41) is 47.2. The number of anilines is 2. The molecule has 0 fully saturated rings. The Bertz CT molecular complexity index is 3530. The number of aromatic hydroxyl groups is 1. The van der Waals surface area contributed by atoms with Crippen LogP contribution in [0.4, 0.5) is 34.1 Å². The molecule has 2 amide bonds. The van der Waals surface area contributed by atoms with Gasteiger partial charge in [0.05, 0.1) is 34.5 Å². The fourth-order valence-corrected chi connectivity index (χ4v) is 9.89. The van der Waals surface area contributed by atoms with Crippen LogP contribution in [0.2, 0.25) is 10.0 Å². The number of nitrogens with one attached hydrogen (secondary N) is 2. The van der Waals surface area contributed by atoms with Crippen LogP contribution in [0.5, 0.6) is 23.0 Å². The van der Waals surface area contributed by atoms with Crippen molar-refractivity contribution < 1.29 is 55.2 Å². The summed E-state index contributed by atoms with van der Waals surface area (Å²) < 4.78 is 79.6. The molecule has 0 bridgehead atoms. The first-order chi connectivity index (χ1) is 35.2. The minimum absolute atomic E-state index is 0. The minimum Gasteiger partial charge on any atom is -0.870 e. The van der Waals surface area contributed by atoms with Crippen molar-refractivity contribution in [1.29, 1.82) is 0 Å². The summed E-state index contributed by atoms with van der Waals surface area (Å²) in [6.45, 7) is 8.02. The number of carbonyl (C=O) groups excluding carboxylic acids is 2. The number of phenols is 1. The van der Waals surface area contributed by atoms with E-state index in [4.69, 9.17) is 32.7 Å². The predicted octanol–water partition coefficient (Wildman–Crippen LogP) is 12.3. The van der Waals surface area contributed by atoms with E-state index in [-0.39, 0.29) is 81.7 Å². The van der Waals surface area contributed by atoms with E-state index in [1.165, 1.54) is 36.4 Å². The van der Waals surface area contributed by atoms with Gasteiger partial charge in [-0.05, 0) is 135 Å². The van der Waals surface area contributed by atoms with Crippen LogP contribution in [0.25, 0.3) is 21.5 Å². The number of benzene rings is 8. The van der Waals surface area contributed by atoms with Crippen molar-refractivity contribution in [1.82, 2.24) is 0 Å². The number of amides is 2. The number of hydrogen-bond acceptors (Lipinski definition) is 15. The second kappa shape index (κ2) is 24.7. The number of rotatable bonds is 14. The predicted molar refractivity (Wildman–Crippen MR) is 284 cm³/mol. The molecule has 0 unspecified atom stereocenters. The third-order valence-electron chi connectivity index (χ3n) is 10.7. The van der Waals surface area contributed by atoms with Crippen LogP contribution in [0.1, 0.15) is 45.7 Å². The van der Waals surface area contributed by atoms with Gasteiger partial charge in [-0.3, -0.25) is 14.1 Å². The summed E-state index contributed by atoms with van der Waals surface area (Å²) in [5.74, 6) is -1.17. The summed E-state index contributed by atoms with van der Waals surface area (Å²) in [6.07, 6.45) is 0. The number of hydrogen-bond donors (Lipinski definition) is 4. The Kier molecular flexibility index (Phi) is 19.0. The summed E-state index contributed by atoms with van der Waals surface area (Å²) >= 11 is 12.0. The molecule has 0 aliphatic carbocycles. The van der Waals surface area contributed by atoms with Crippen LogP contribution in [0, 0.1) is 13.8 Å². The van der Waals surface area contributed by atoms with E-state index < -0.39 is 53.3 Å². The Balaban J connectivity index is 0.000000241. The van der Waals surface area contributed by atoms with E-state index in [1.807, 2.05) is 13.8 Å². The minimum atomic E-state index is -4.99. The zero-order chi connectivity index (χ0) is 53.5. The van der Waals surface area contributed by atoms with Crippen LogP contribution in [0.3, 0.4) is 0 Å². The number of ether oxygens (including phenoxy) is 2. The molecule has 8 aromatic carbocycles. The van der Waals surface area contributed by atoms with Gasteiger partial charge < -0.3 is 34.9 Å². The van der Waals surface area contributed by atoms with Gasteiger partial charge in [0.2, 0.25) is 0 Å². The van der Waals surface area contributed by atoms with Gasteiger partial charge in [0.25, 0.3) is 21.9 Å². The number of halogens is 2. The zero-order valence-corrected chi connectivity index (χ0v) is 45.5. The number of phenolic OH excluding ortho intramolecular Hbond substituents is 1. The first-order valence-corrected chi connectivity index (χ1v) is 25.7. The maximum atomic E-state index is 13.4. The number of fused-ring (bicyclic) bond motifs is 2. The standard InChI is InChI=1S/2C26H22ClN3O6S.Ca/c2*1-3-36-18-10-8-17(9-11-18)28-26(32)20-14-16-6-4-5-7-19(16)23(24(20)31)30-29-22-13-15(2)12-21(27)25(22)37(33,34)35;/h2*4-14,31H,3H2,1-2H3,(H,28,32)(H,33,34,35);/q;;+2/p-2. The van der Waals surface area contributed by atoms with E-state index in [1.54, 1.807) is 111 Å². The Labute approximate surface area is 470 Å². The fourth-order valence-electron chi connectivity index (χ4n) is 7.45. The third kappa shape index (κ3) is 14.0. The van der Waals surface area contributed by atoms with Gasteiger partial charge in [0.1, 0.15) is 48.5 Å². The summed E-state index contributed by atoms with van der Waals surface area (Å²) in [6, 6.07) is 35.3. The number of aryl methyl sites for hydroxylation is 2. The number of azo groups is 2. The van der Waals surface area contributed by atoms with Crippen molar-refractivity contribution >= 4 is 149 Å². The number of carbonyl (C=O) groups is 2. The van der Waals surface area contributed by atoms with E-state index >= 15 is 0 Å². The Morgan fingerprint density at radius 1 is 0.600 bits per heavy atom. The fraction of sp³-hybridized carbons (Fsp3) is 0.115. The van der Waals surface area contributed by atoms with E-state index in [2.05, 4.69) is 31.1 Å². The summed E-state index contributed by atoms with van der Waals surface area (Å²) in [7, 11) is -9.71. The zero-order valence-electron chi connectivity index (χ0n) is 40.2. The molecule has 4 N–H and O–H groups in total. The van der Waals surface area contributed by atoms with Crippen molar-refractivity contribution in [3.05, 3.63) is 166 Å². The second-order valence-corrected chi connectivity index (χ2v) is 19.5. The van der Waals surface area contributed by atoms with Gasteiger partial charge in [0, 0.05) is 27.7 Å². The van der Waals surface area contributed by atoms with Crippen LogP contribution in [0.15, 0.2) is 164 Å². The molecule has 0 atom stereocenters. The molecular weight excluding hydrogens is 1080 g/mol. The molecule has 23 heteroatoms. The van der Waals surface area contributed by atoms with E-state index in [0.29, 0.717) is 68.8 Å². The monoisotopic (exact) mass is 1120 g/mol. The normalized spacial score (nSPS) is 11.5. The van der Waals surface area contributed by atoms with Crippen LogP contribution in [-0.2, 0) is 20.2 Å². The molecule has 8 aromatic rings. The molecule has 8 rings (SSSR count). The van der Waals surface area contributed by atoms with Crippen LogP contribution < -0.4 is 25.2 Å². The van der Waals surface area contributed by atoms with Crippen molar-refractivity contribution in [3.8, 4) is 23.0 Å². The Morgan fingerprint density at radius 2 is 1.01 bits per heavy atom. The average molecular weight is 1120 g/mol. The molecule has 380 valence electrons. The smallest absolute Gasteiger partial charge is 0.870 e. The Hall–Kier alpha value is -6.72. The third-order valence-corrected chi connectivity index (χ3v) is 13.4. The van der Waals surface area contributed by atoms with Crippen molar-refractivity contribution in [2.75, 3.05) is 23.8 Å². The van der Waals surface area contributed by atoms with Crippen molar-refractivity contribution in [2.45, 2.75) is 37.5 Å². The van der Waals surface area contributed by atoms with Gasteiger partial charge in [-0.25, -0.2) is 8.42 Å². The summed E-state index contributed by atoms with van der Waals surface area (Å²) in [4.78, 5) is 24.8. The first-order valence-electron chi connectivity index (χ1n) is 22.1. The molecule has 0 radical (unpaired) electrons. The molecule has 0 aliphatic rings. The molecule has 0 aliphatic heterocycles. The molecule has 75 heavy (non-hydrogen) atoms. The number of nitrogens with zero attached hydrogens (tertiary/aromatic N) is 4. The van der Waals surface area contributed by atoms with Crippen molar-refractivity contribution in [2.24, 2.45) is 20.5 Å². The van der Waals surface area contributed by atoms with Gasteiger partial charge in [-0.15, -0.1) is 15.3 Å². The van der Waals surface area contributed by atoms with Gasteiger partial charge in [-0.1, -0.05) is 77.5 Å². The van der Waals surface area contributed by atoms with Gasteiger partial charge >= 0.3 is 37.7 Å². The molecule has 0 aromatic heterocycles. The van der Waals surface area contributed by atoms with E-state index in [9.17, 15) is 45.7 Å². The molecule has 0 saturated heterocycles. The molecule has 0 spiro atoms.